The summed E-state index contributed by atoms with van der Waals surface area (Å²) in [6.45, 7) is 4.57. The maximum atomic E-state index is 12.5. The van der Waals surface area contributed by atoms with Crippen LogP contribution in [0.25, 0.3) is 0 Å². The second-order valence-electron chi connectivity index (χ2n) is 7.32. The van der Waals surface area contributed by atoms with E-state index >= 15 is 0 Å². The van der Waals surface area contributed by atoms with E-state index in [2.05, 4.69) is 46.0 Å². The minimum Gasteiger partial charge on any atom is -0.334 e. The van der Waals surface area contributed by atoms with Crippen molar-refractivity contribution in [1.29, 1.82) is 0 Å². The molecule has 5 heteroatoms. The fourth-order valence-electron chi connectivity index (χ4n) is 4.01. The van der Waals surface area contributed by atoms with E-state index in [4.69, 9.17) is 0 Å². The van der Waals surface area contributed by atoms with Gasteiger partial charge in [-0.05, 0) is 24.8 Å². The first-order valence-electron chi connectivity index (χ1n) is 8.90. The van der Waals surface area contributed by atoms with Gasteiger partial charge in [0.15, 0.2) is 5.82 Å². The summed E-state index contributed by atoms with van der Waals surface area (Å²) in [5.41, 5.74) is 1.32. The van der Waals surface area contributed by atoms with Crippen LogP contribution >= 0.6 is 0 Å². The molecule has 1 saturated heterocycles. The molecule has 0 saturated carbocycles. The van der Waals surface area contributed by atoms with Crippen LogP contribution in [-0.4, -0.2) is 32.1 Å². The summed E-state index contributed by atoms with van der Waals surface area (Å²) in [5.74, 6) is 2.25. The lowest BCUT2D eigenvalue weighted by molar-refractivity contribution is -0.136. The molecule has 0 unspecified atom stereocenters. The standard InChI is InChI=1S/C19H24N4O/c1-19(15-7-3-2-4-8-15)11-10-18(24)22(14-19)13-17-21-20-16-9-5-6-12-23(16)17/h2-4,7-8H,5-6,9-14H2,1H3/t19-/m1/s1. The molecule has 2 aliphatic heterocycles. The van der Waals surface area contributed by atoms with Gasteiger partial charge in [-0.1, -0.05) is 37.3 Å². The van der Waals surface area contributed by atoms with Gasteiger partial charge in [-0.2, -0.15) is 0 Å². The largest absolute Gasteiger partial charge is 0.334 e. The quantitative estimate of drug-likeness (QED) is 0.872. The molecular formula is C19H24N4O. The SMILES string of the molecule is C[C@@]1(c2ccccc2)CCC(=O)N(Cc2nnc3n2CCCC3)C1. The first-order valence-corrected chi connectivity index (χ1v) is 8.90. The van der Waals surface area contributed by atoms with E-state index in [-0.39, 0.29) is 11.3 Å². The van der Waals surface area contributed by atoms with Gasteiger partial charge < -0.3 is 9.47 Å². The van der Waals surface area contributed by atoms with E-state index in [9.17, 15) is 4.79 Å². The van der Waals surface area contributed by atoms with E-state index in [1.54, 1.807) is 0 Å². The van der Waals surface area contributed by atoms with Gasteiger partial charge in [0, 0.05) is 31.3 Å². The summed E-state index contributed by atoms with van der Waals surface area (Å²) in [5, 5.41) is 8.68. The number of rotatable bonds is 3. The third-order valence-electron chi connectivity index (χ3n) is 5.52. The second kappa shape index (κ2) is 6.04. The van der Waals surface area contributed by atoms with Crippen LogP contribution in [-0.2, 0) is 29.7 Å². The van der Waals surface area contributed by atoms with Crippen LogP contribution in [0.3, 0.4) is 0 Å². The van der Waals surface area contributed by atoms with Gasteiger partial charge in [0.2, 0.25) is 5.91 Å². The van der Waals surface area contributed by atoms with Crippen molar-refractivity contribution in [3.63, 3.8) is 0 Å². The zero-order valence-corrected chi connectivity index (χ0v) is 14.2. The van der Waals surface area contributed by atoms with Crippen molar-refractivity contribution < 1.29 is 4.79 Å². The highest BCUT2D eigenvalue weighted by molar-refractivity contribution is 5.77. The predicted octanol–water partition coefficient (Wildman–Crippen LogP) is 2.69. The zero-order chi connectivity index (χ0) is 16.6. The van der Waals surface area contributed by atoms with E-state index in [1.807, 2.05) is 11.0 Å². The third kappa shape index (κ3) is 2.72. The van der Waals surface area contributed by atoms with Crippen molar-refractivity contribution in [2.24, 2.45) is 0 Å². The monoisotopic (exact) mass is 324 g/mol. The fraction of sp³-hybridized carbons (Fsp3) is 0.526. The van der Waals surface area contributed by atoms with Crippen molar-refractivity contribution >= 4 is 5.91 Å². The minimum atomic E-state index is 0.0138. The molecule has 1 amide bonds. The number of amides is 1. The Labute approximate surface area is 142 Å². The Kier molecular flexibility index (Phi) is 3.87. The van der Waals surface area contributed by atoms with Gasteiger partial charge in [-0.3, -0.25) is 4.79 Å². The molecule has 4 rings (SSSR count). The maximum absolute atomic E-state index is 12.5. The summed E-state index contributed by atoms with van der Waals surface area (Å²) >= 11 is 0. The molecule has 0 N–H and O–H groups in total. The average molecular weight is 324 g/mol. The molecule has 2 aromatic rings. The van der Waals surface area contributed by atoms with Crippen molar-refractivity contribution in [2.45, 2.75) is 57.5 Å². The number of aromatic nitrogens is 3. The third-order valence-corrected chi connectivity index (χ3v) is 5.52. The van der Waals surface area contributed by atoms with E-state index in [1.165, 1.54) is 18.4 Å². The molecule has 0 radical (unpaired) electrons. The number of likely N-dealkylation sites (tertiary alicyclic amines) is 1. The molecule has 126 valence electrons. The van der Waals surface area contributed by atoms with Crippen LogP contribution < -0.4 is 0 Å². The number of hydrogen-bond donors (Lipinski definition) is 0. The number of carbonyl (C=O) groups is 1. The fourth-order valence-corrected chi connectivity index (χ4v) is 4.01. The predicted molar refractivity (Wildman–Crippen MR) is 91.4 cm³/mol. The topological polar surface area (TPSA) is 51.0 Å². The van der Waals surface area contributed by atoms with Crippen molar-refractivity contribution in [3.05, 3.63) is 47.5 Å². The Morgan fingerprint density at radius 2 is 1.96 bits per heavy atom. The molecular weight excluding hydrogens is 300 g/mol. The van der Waals surface area contributed by atoms with Gasteiger partial charge in [-0.25, -0.2) is 0 Å². The normalized spacial score (nSPS) is 24.0. The second-order valence-corrected chi connectivity index (χ2v) is 7.32. The highest BCUT2D eigenvalue weighted by Crippen LogP contribution is 2.34. The zero-order valence-electron chi connectivity index (χ0n) is 14.2. The Bertz CT molecular complexity index is 739. The molecule has 1 fully saturated rings. The summed E-state index contributed by atoms with van der Waals surface area (Å²) in [4.78, 5) is 14.5. The van der Waals surface area contributed by atoms with Crippen LogP contribution in [0.5, 0.6) is 0 Å². The van der Waals surface area contributed by atoms with E-state index < -0.39 is 0 Å². The number of nitrogens with zero attached hydrogens (tertiary/aromatic N) is 4. The highest BCUT2D eigenvalue weighted by Gasteiger charge is 2.36. The molecule has 2 aliphatic rings. The molecule has 0 spiro atoms. The van der Waals surface area contributed by atoms with Gasteiger partial charge in [0.25, 0.3) is 0 Å². The molecule has 1 atom stereocenters. The number of carbonyl (C=O) groups excluding carboxylic acids is 1. The molecule has 3 heterocycles. The Balaban J connectivity index is 1.56. The van der Waals surface area contributed by atoms with Crippen molar-refractivity contribution in [2.75, 3.05) is 6.54 Å². The molecule has 0 aliphatic carbocycles. The van der Waals surface area contributed by atoms with Gasteiger partial charge in [-0.15, -0.1) is 10.2 Å². The van der Waals surface area contributed by atoms with Crippen LogP contribution in [0.4, 0.5) is 0 Å². The highest BCUT2D eigenvalue weighted by atomic mass is 16.2. The smallest absolute Gasteiger partial charge is 0.223 e. The summed E-state index contributed by atoms with van der Waals surface area (Å²) in [7, 11) is 0. The molecule has 24 heavy (non-hydrogen) atoms. The lowest BCUT2D eigenvalue weighted by Crippen LogP contribution is -2.47. The van der Waals surface area contributed by atoms with Gasteiger partial charge >= 0.3 is 0 Å². The Hall–Kier alpha value is -2.17. The number of piperidine rings is 1. The minimum absolute atomic E-state index is 0.0138. The Morgan fingerprint density at radius 1 is 1.12 bits per heavy atom. The van der Waals surface area contributed by atoms with Crippen LogP contribution in [0.1, 0.15) is 49.8 Å². The molecule has 1 aromatic heterocycles. The van der Waals surface area contributed by atoms with E-state index in [0.717, 1.165) is 37.6 Å². The maximum Gasteiger partial charge on any atom is 0.223 e. The van der Waals surface area contributed by atoms with E-state index in [0.29, 0.717) is 13.0 Å². The average Bonchev–Trinajstić information content (AvgIpc) is 3.02. The number of fused-ring (bicyclic) bond motifs is 1. The summed E-state index contributed by atoms with van der Waals surface area (Å²) < 4.78 is 2.21. The summed E-state index contributed by atoms with van der Waals surface area (Å²) in [6, 6.07) is 10.5. The van der Waals surface area contributed by atoms with Crippen molar-refractivity contribution in [1.82, 2.24) is 19.7 Å². The Morgan fingerprint density at radius 3 is 2.79 bits per heavy atom. The number of benzene rings is 1. The van der Waals surface area contributed by atoms with Gasteiger partial charge in [0.1, 0.15) is 5.82 Å². The first kappa shape index (κ1) is 15.4. The lowest BCUT2D eigenvalue weighted by atomic mass is 9.75. The van der Waals surface area contributed by atoms with Gasteiger partial charge in [0.05, 0.1) is 6.54 Å². The molecule has 5 nitrogen and oxygen atoms in total. The van der Waals surface area contributed by atoms with Crippen molar-refractivity contribution in [3.8, 4) is 0 Å². The lowest BCUT2D eigenvalue weighted by Gasteiger charge is -2.40. The first-order chi connectivity index (χ1) is 11.7. The number of hydrogen-bond acceptors (Lipinski definition) is 3. The molecule has 0 bridgehead atoms. The summed E-state index contributed by atoms with van der Waals surface area (Å²) in [6.07, 6.45) is 4.87. The van der Waals surface area contributed by atoms with Crippen LogP contribution in [0.2, 0.25) is 0 Å². The van der Waals surface area contributed by atoms with Crippen LogP contribution in [0, 0.1) is 0 Å². The molecule has 1 aromatic carbocycles. The number of aryl methyl sites for hydroxylation is 1. The van der Waals surface area contributed by atoms with Crippen LogP contribution in [0.15, 0.2) is 30.3 Å².